The molecular weight excluding hydrogens is 308 g/mol. The van der Waals surface area contributed by atoms with Gasteiger partial charge in [-0.1, -0.05) is 0 Å². The molecule has 0 aromatic heterocycles. The maximum atomic E-state index is 9.32. The topological polar surface area (TPSA) is 136 Å². The molecule has 0 aromatic carbocycles. The van der Waals surface area contributed by atoms with Gasteiger partial charge in [0.25, 0.3) is 0 Å². The van der Waals surface area contributed by atoms with Gasteiger partial charge in [0.2, 0.25) is 0 Å². The van der Waals surface area contributed by atoms with Crippen LogP contribution in [0.1, 0.15) is 0 Å². The minimum atomic E-state index is -5.68. The normalized spacial score (nSPS) is 10.3. The first kappa shape index (κ1) is 23.8. The molecular formula is FeMnNaO7P2+2. The molecule has 0 rings (SSSR count). The molecule has 0 saturated carbocycles. The molecule has 0 aliphatic heterocycles. The third-order valence-corrected chi connectivity index (χ3v) is 1.80. The standard InChI is InChI=1S/Fe.Mn.Na.H4O7P2/c;;;1-8(2,3)7-9(4,5)6/h;;;(H2,1,2,3)(H2,4,5,6)/q+3;+2;+1;/p-4. The number of phosphoric acid groups is 2. The molecule has 66 valence electrons. The molecule has 0 fully saturated rings. The van der Waals surface area contributed by atoms with E-state index in [9.17, 15) is 28.7 Å². The molecule has 0 N–H and O–H groups in total. The molecule has 0 amide bonds. The van der Waals surface area contributed by atoms with Gasteiger partial charge in [0.15, 0.2) is 0 Å². The van der Waals surface area contributed by atoms with E-state index in [4.69, 9.17) is 0 Å². The third-order valence-electron chi connectivity index (χ3n) is 0.200. The Kier molecular flexibility index (Phi) is 17.1. The SMILES string of the molecule is O=P([O-])([O-])OP(=O)([O-])[O-].[Fe+3].[Mn+2].[Na+]. The van der Waals surface area contributed by atoms with Crippen LogP contribution >= 0.6 is 15.6 Å². The molecule has 0 heterocycles. The maximum Gasteiger partial charge on any atom is 3.00 e. The van der Waals surface area contributed by atoms with E-state index >= 15 is 0 Å². The van der Waals surface area contributed by atoms with E-state index < -0.39 is 15.6 Å². The quantitative estimate of drug-likeness (QED) is 0.365. The van der Waals surface area contributed by atoms with Gasteiger partial charge in [-0.25, -0.2) is 0 Å². The second kappa shape index (κ2) is 8.59. The van der Waals surface area contributed by atoms with Gasteiger partial charge in [-0.2, -0.15) is 0 Å². The molecule has 12 heavy (non-hydrogen) atoms. The second-order valence-electron chi connectivity index (χ2n) is 0.976. The minimum Gasteiger partial charge on any atom is -0.790 e. The fourth-order valence-corrected chi connectivity index (χ4v) is 1.10. The van der Waals surface area contributed by atoms with Gasteiger partial charge >= 0.3 is 63.7 Å². The Hall–Kier alpha value is 2.30. The fraction of sp³-hybridized carbons (Fsp3) is 0. The van der Waals surface area contributed by atoms with Crippen molar-refractivity contribution in [3.63, 3.8) is 0 Å². The van der Waals surface area contributed by atoms with Crippen LogP contribution in [-0.4, -0.2) is 0 Å². The van der Waals surface area contributed by atoms with Crippen molar-refractivity contribution in [2.75, 3.05) is 0 Å². The van der Waals surface area contributed by atoms with Crippen molar-refractivity contribution >= 4 is 15.6 Å². The van der Waals surface area contributed by atoms with Gasteiger partial charge in [0, 0.05) is 0 Å². The van der Waals surface area contributed by atoms with E-state index in [1.807, 2.05) is 0 Å². The van der Waals surface area contributed by atoms with Gasteiger partial charge in [-0.05, 0) is 0 Å². The van der Waals surface area contributed by atoms with Crippen molar-refractivity contribution in [3.8, 4) is 0 Å². The zero-order valence-electron chi connectivity index (χ0n) is 5.48. The Bertz CT molecular complexity index is 162. The van der Waals surface area contributed by atoms with Crippen LogP contribution in [-0.2, 0) is 47.6 Å². The maximum absolute atomic E-state index is 9.32. The molecule has 0 aliphatic carbocycles. The van der Waals surface area contributed by atoms with Crippen LogP contribution in [0.2, 0.25) is 0 Å². The van der Waals surface area contributed by atoms with Crippen LogP contribution in [0.25, 0.3) is 0 Å². The van der Waals surface area contributed by atoms with Crippen molar-refractivity contribution in [1.29, 1.82) is 0 Å². The first-order valence-corrected chi connectivity index (χ1v) is 4.38. The van der Waals surface area contributed by atoms with Crippen LogP contribution in [0.3, 0.4) is 0 Å². The summed E-state index contributed by atoms with van der Waals surface area (Å²) in [5.41, 5.74) is 0. The van der Waals surface area contributed by atoms with Crippen molar-refractivity contribution in [2.24, 2.45) is 0 Å². The van der Waals surface area contributed by atoms with E-state index in [1.54, 1.807) is 0 Å². The second-order valence-corrected chi connectivity index (χ2v) is 3.42. The zero-order chi connectivity index (χ0) is 7.71. The third kappa shape index (κ3) is 22.8. The summed E-state index contributed by atoms with van der Waals surface area (Å²) in [5.74, 6) is 0. The Morgan fingerprint density at radius 3 is 1.08 bits per heavy atom. The first-order chi connectivity index (χ1) is 3.71. The molecule has 0 bridgehead atoms. The Morgan fingerprint density at radius 1 is 0.917 bits per heavy atom. The van der Waals surface area contributed by atoms with E-state index in [0.717, 1.165) is 0 Å². The largest absolute Gasteiger partial charge is 3.00 e. The van der Waals surface area contributed by atoms with Crippen LogP contribution in [0.15, 0.2) is 0 Å². The van der Waals surface area contributed by atoms with Gasteiger partial charge < -0.3 is 33.0 Å². The zero-order valence-corrected chi connectivity index (χ0v) is 11.6. The molecule has 0 aromatic rings. The van der Waals surface area contributed by atoms with Crippen LogP contribution in [0.4, 0.5) is 0 Å². The Labute approximate surface area is 111 Å². The van der Waals surface area contributed by atoms with Gasteiger partial charge in [0.1, 0.15) is 0 Å². The van der Waals surface area contributed by atoms with Gasteiger partial charge in [-0.15, -0.1) is 0 Å². The Balaban J connectivity index is -0.000000107. The van der Waals surface area contributed by atoms with E-state index in [1.165, 1.54) is 0 Å². The van der Waals surface area contributed by atoms with Crippen molar-refractivity contribution in [2.45, 2.75) is 0 Å². The summed E-state index contributed by atoms with van der Waals surface area (Å²) >= 11 is 0. The Morgan fingerprint density at radius 2 is 1.08 bits per heavy atom. The molecule has 0 unspecified atom stereocenters. The summed E-state index contributed by atoms with van der Waals surface area (Å²) in [6, 6.07) is 0. The summed E-state index contributed by atoms with van der Waals surface area (Å²) in [6.07, 6.45) is 0. The van der Waals surface area contributed by atoms with E-state index in [0.29, 0.717) is 0 Å². The van der Waals surface area contributed by atoms with Gasteiger partial charge in [0.05, 0.1) is 15.6 Å². The summed E-state index contributed by atoms with van der Waals surface area (Å²) in [6.45, 7) is 0. The number of hydrogen-bond donors (Lipinski definition) is 0. The van der Waals surface area contributed by atoms with Crippen LogP contribution in [0, 0.1) is 0 Å². The summed E-state index contributed by atoms with van der Waals surface area (Å²) in [7, 11) is -11.4. The average Bonchev–Trinajstić information content (AvgIpc) is 1.14. The van der Waals surface area contributed by atoms with Gasteiger partial charge in [-0.3, -0.25) is 0 Å². The van der Waals surface area contributed by atoms with E-state index in [-0.39, 0.29) is 63.7 Å². The molecule has 2 radical (unpaired) electrons. The molecule has 0 atom stereocenters. The number of rotatable bonds is 2. The molecule has 0 spiro atoms. The van der Waals surface area contributed by atoms with E-state index in [2.05, 4.69) is 4.31 Å². The molecule has 0 saturated heterocycles. The van der Waals surface area contributed by atoms with Crippen LogP contribution < -0.4 is 49.1 Å². The summed E-state index contributed by atoms with van der Waals surface area (Å²) in [5, 5.41) is 0. The summed E-state index contributed by atoms with van der Waals surface area (Å²) in [4.78, 5) is 37.3. The predicted octanol–water partition coefficient (Wildman–Crippen LogP) is -6.34. The molecule has 0 aliphatic rings. The molecule has 7 nitrogen and oxygen atoms in total. The van der Waals surface area contributed by atoms with Crippen LogP contribution in [0.5, 0.6) is 0 Å². The smallest absolute Gasteiger partial charge is 0.790 e. The predicted molar refractivity (Wildman–Crippen MR) is 16.3 cm³/mol. The van der Waals surface area contributed by atoms with Crippen molar-refractivity contribution in [1.82, 2.24) is 0 Å². The minimum absolute atomic E-state index is 0. The molecule has 12 heteroatoms. The summed E-state index contributed by atoms with van der Waals surface area (Å²) < 4.78 is 21.2. The monoisotopic (exact) mass is 308 g/mol. The average molecular weight is 308 g/mol. The van der Waals surface area contributed by atoms with Crippen molar-refractivity contribution < 1.29 is 96.7 Å². The number of hydrogen-bond acceptors (Lipinski definition) is 7. The van der Waals surface area contributed by atoms with Crippen molar-refractivity contribution in [3.05, 3.63) is 0 Å². The first-order valence-electron chi connectivity index (χ1n) is 1.46. The fourth-order valence-electron chi connectivity index (χ4n) is 0.122.